The number of carbonyl (C=O) groups excluding carboxylic acids is 3. The molecule has 2 heterocycles. The zero-order valence-electron chi connectivity index (χ0n) is 19.4. The van der Waals surface area contributed by atoms with E-state index in [1.807, 2.05) is 41.3 Å². The van der Waals surface area contributed by atoms with E-state index in [-0.39, 0.29) is 24.0 Å². The smallest absolute Gasteiger partial charge is 0.236 e. The Morgan fingerprint density at radius 3 is 1.74 bits per heavy atom. The highest BCUT2D eigenvalue weighted by molar-refractivity contribution is 6.02. The van der Waals surface area contributed by atoms with Crippen molar-refractivity contribution in [1.29, 1.82) is 0 Å². The summed E-state index contributed by atoms with van der Waals surface area (Å²) in [6, 6.07) is 18.2. The van der Waals surface area contributed by atoms with Crippen LogP contribution >= 0.6 is 0 Å². The minimum Gasteiger partial charge on any atom is -0.348 e. The van der Waals surface area contributed by atoms with Gasteiger partial charge in [-0.1, -0.05) is 60.7 Å². The van der Waals surface area contributed by atoms with Crippen LogP contribution in [0, 0.1) is 11.8 Å². The molecule has 0 aliphatic carbocycles. The molecule has 174 valence electrons. The van der Waals surface area contributed by atoms with Crippen LogP contribution in [-0.2, 0) is 4.79 Å². The average Bonchev–Trinajstić information content (AvgIpc) is 2.88. The van der Waals surface area contributed by atoms with Gasteiger partial charge in [0, 0.05) is 68.5 Å². The van der Waals surface area contributed by atoms with Gasteiger partial charge in [0.15, 0.2) is 11.6 Å². The summed E-state index contributed by atoms with van der Waals surface area (Å²) in [6.45, 7) is 0.874. The van der Waals surface area contributed by atoms with E-state index in [1.165, 1.54) is 11.2 Å². The number of aromatic nitrogens is 2. The van der Waals surface area contributed by atoms with Crippen molar-refractivity contribution in [2.75, 3.05) is 33.7 Å². The number of piperidine rings is 1. The van der Waals surface area contributed by atoms with Gasteiger partial charge in [-0.2, -0.15) is 0 Å². The summed E-state index contributed by atoms with van der Waals surface area (Å²) in [5.74, 6) is -1.65. The monoisotopic (exact) mass is 456 g/mol. The number of rotatable bonds is 7. The first-order valence-corrected chi connectivity index (χ1v) is 11.3. The maximum Gasteiger partial charge on any atom is 0.236 e. The van der Waals surface area contributed by atoms with Gasteiger partial charge in [-0.15, -0.1) is 0 Å². The maximum atomic E-state index is 13.8. The van der Waals surface area contributed by atoms with Crippen LogP contribution in [0.1, 0.15) is 32.2 Å². The lowest BCUT2D eigenvalue weighted by Gasteiger charge is -2.42. The van der Waals surface area contributed by atoms with Gasteiger partial charge >= 0.3 is 0 Å². The molecule has 1 amide bonds. The van der Waals surface area contributed by atoms with E-state index >= 15 is 0 Å². The lowest BCUT2D eigenvalue weighted by Crippen LogP contribution is -2.52. The first kappa shape index (κ1) is 23.4. The van der Waals surface area contributed by atoms with Crippen molar-refractivity contribution in [2.24, 2.45) is 11.8 Å². The topological polar surface area (TPSA) is 83.5 Å². The van der Waals surface area contributed by atoms with Crippen molar-refractivity contribution in [1.82, 2.24) is 19.8 Å². The second-order valence-electron chi connectivity index (χ2n) is 8.85. The minimum atomic E-state index is -0.533. The van der Waals surface area contributed by atoms with Crippen molar-refractivity contribution in [2.45, 2.75) is 5.92 Å². The Bertz CT molecular complexity index is 1070. The number of Topliss-reactive ketones (excluding diaryl/α,β-unsaturated/α-hetero) is 2. The highest BCUT2D eigenvalue weighted by Crippen LogP contribution is 2.40. The molecule has 1 saturated heterocycles. The zero-order chi connectivity index (χ0) is 24.1. The van der Waals surface area contributed by atoms with Gasteiger partial charge in [0.25, 0.3) is 0 Å². The van der Waals surface area contributed by atoms with Crippen molar-refractivity contribution in [3.63, 3.8) is 0 Å². The van der Waals surface area contributed by atoms with Crippen LogP contribution in [0.4, 0.5) is 0 Å². The summed E-state index contributed by atoms with van der Waals surface area (Å²) in [5, 5.41) is 0. The van der Waals surface area contributed by atoms with Gasteiger partial charge in [0.05, 0.1) is 6.54 Å². The van der Waals surface area contributed by atoms with Crippen molar-refractivity contribution >= 4 is 17.5 Å². The molecule has 1 aromatic heterocycles. The molecule has 1 aliphatic rings. The molecule has 7 heteroatoms. The number of carbonyl (C=O) groups is 3. The van der Waals surface area contributed by atoms with Crippen LogP contribution in [0.2, 0.25) is 0 Å². The second kappa shape index (κ2) is 10.5. The second-order valence-corrected chi connectivity index (χ2v) is 8.85. The van der Waals surface area contributed by atoms with E-state index in [1.54, 1.807) is 50.8 Å². The van der Waals surface area contributed by atoms with Crippen molar-refractivity contribution in [3.05, 3.63) is 96.1 Å². The highest BCUT2D eigenvalue weighted by Gasteiger charge is 2.45. The Morgan fingerprint density at radius 1 is 0.824 bits per heavy atom. The quantitative estimate of drug-likeness (QED) is 0.509. The van der Waals surface area contributed by atoms with E-state index < -0.39 is 17.8 Å². The van der Waals surface area contributed by atoms with Gasteiger partial charge in [-0.3, -0.25) is 19.3 Å². The van der Waals surface area contributed by atoms with E-state index in [0.717, 1.165) is 5.56 Å². The fourth-order valence-corrected chi connectivity index (χ4v) is 4.67. The number of nitrogens with zero attached hydrogens (tertiary/aromatic N) is 4. The molecule has 3 aromatic rings. The molecule has 34 heavy (non-hydrogen) atoms. The summed E-state index contributed by atoms with van der Waals surface area (Å²) >= 11 is 0. The summed E-state index contributed by atoms with van der Waals surface area (Å²) in [5.41, 5.74) is 1.92. The average molecular weight is 457 g/mol. The van der Waals surface area contributed by atoms with Crippen LogP contribution in [0.15, 0.2) is 79.4 Å². The Kier molecular flexibility index (Phi) is 7.23. The van der Waals surface area contributed by atoms with Crippen LogP contribution in [-0.4, -0.2) is 71.0 Å². The van der Waals surface area contributed by atoms with Crippen molar-refractivity contribution < 1.29 is 14.4 Å². The third-order valence-electron chi connectivity index (χ3n) is 6.39. The summed E-state index contributed by atoms with van der Waals surface area (Å²) in [6.07, 6.45) is 4.82. The molecule has 0 bridgehead atoms. The van der Waals surface area contributed by atoms with Crippen LogP contribution < -0.4 is 0 Å². The number of ketones is 2. The Hall–Kier alpha value is -3.71. The normalized spacial score (nSPS) is 20.5. The Labute approximate surface area is 199 Å². The summed E-state index contributed by atoms with van der Waals surface area (Å²) in [7, 11) is 3.41. The van der Waals surface area contributed by atoms with Crippen molar-refractivity contribution in [3.8, 4) is 0 Å². The zero-order valence-corrected chi connectivity index (χ0v) is 19.4. The molecule has 0 spiro atoms. The van der Waals surface area contributed by atoms with E-state index in [4.69, 9.17) is 0 Å². The third-order valence-corrected chi connectivity index (χ3v) is 6.39. The maximum absolute atomic E-state index is 13.8. The van der Waals surface area contributed by atoms with Gasteiger partial charge in [-0.05, 0) is 5.56 Å². The Morgan fingerprint density at radius 2 is 1.29 bits per heavy atom. The molecular formula is C27H28N4O3. The van der Waals surface area contributed by atoms with E-state index in [2.05, 4.69) is 9.97 Å². The van der Waals surface area contributed by atoms with Crippen LogP contribution in [0.25, 0.3) is 0 Å². The van der Waals surface area contributed by atoms with Gasteiger partial charge in [-0.25, -0.2) is 9.97 Å². The fraction of sp³-hybridized carbons (Fsp3) is 0.296. The molecule has 0 unspecified atom stereocenters. The SMILES string of the molecule is CN(C)C(=O)CN1C[C@H](C(=O)c2ccccc2)[C@H](c2cncnc2)[C@H](C(=O)c2ccccc2)C1. The van der Waals surface area contributed by atoms with Crippen LogP contribution in [0.3, 0.4) is 0 Å². The number of hydrogen-bond acceptors (Lipinski definition) is 6. The predicted octanol–water partition coefficient (Wildman–Crippen LogP) is 2.96. The van der Waals surface area contributed by atoms with Gasteiger partial charge < -0.3 is 4.90 Å². The Balaban J connectivity index is 1.78. The molecule has 2 aromatic carbocycles. The number of likely N-dealkylation sites (N-methyl/N-ethyl adjacent to an activating group) is 1. The minimum absolute atomic E-state index is 0.0534. The fourth-order valence-electron chi connectivity index (χ4n) is 4.67. The molecule has 3 atom stereocenters. The standard InChI is InChI=1S/C27H28N4O3/c1-30(2)24(32)17-31-15-22(26(33)19-9-5-3-6-10-19)25(21-13-28-18-29-14-21)23(16-31)27(34)20-11-7-4-8-12-20/h3-14,18,22-23,25H,15-17H2,1-2H3/t22-,23+,25-. The predicted molar refractivity (Wildman–Crippen MR) is 128 cm³/mol. The molecule has 1 fully saturated rings. The number of likely N-dealkylation sites (tertiary alicyclic amines) is 1. The molecule has 1 aliphatic heterocycles. The van der Waals surface area contributed by atoms with Crippen LogP contribution in [0.5, 0.6) is 0 Å². The molecule has 0 radical (unpaired) electrons. The lowest BCUT2D eigenvalue weighted by atomic mass is 9.69. The third kappa shape index (κ3) is 5.10. The van der Waals surface area contributed by atoms with E-state index in [9.17, 15) is 14.4 Å². The first-order valence-electron chi connectivity index (χ1n) is 11.3. The molecule has 0 N–H and O–H groups in total. The number of benzene rings is 2. The van der Waals surface area contributed by atoms with E-state index in [0.29, 0.717) is 24.2 Å². The summed E-state index contributed by atoms with van der Waals surface area (Å²) < 4.78 is 0. The lowest BCUT2D eigenvalue weighted by molar-refractivity contribution is -0.130. The van der Waals surface area contributed by atoms with Gasteiger partial charge in [0.1, 0.15) is 6.33 Å². The molecule has 4 rings (SSSR count). The largest absolute Gasteiger partial charge is 0.348 e. The van der Waals surface area contributed by atoms with Gasteiger partial charge in [0.2, 0.25) is 5.91 Å². The molecule has 7 nitrogen and oxygen atoms in total. The number of hydrogen-bond donors (Lipinski definition) is 0. The number of amides is 1. The first-order chi connectivity index (χ1) is 16.5. The molecule has 0 saturated carbocycles. The highest BCUT2D eigenvalue weighted by atomic mass is 16.2. The molecular weight excluding hydrogens is 428 g/mol. The summed E-state index contributed by atoms with van der Waals surface area (Å²) in [4.78, 5) is 51.9.